The van der Waals surface area contributed by atoms with Crippen LogP contribution in [0.1, 0.15) is 28.8 Å². The van der Waals surface area contributed by atoms with E-state index in [-0.39, 0.29) is 5.97 Å². The third kappa shape index (κ3) is 4.11. The lowest BCUT2D eigenvalue weighted by atomic mass is 10.0. The van der Waals surface area contributed by atoms with Crippen molar-refractivity contribution in [3.05, 3.63) is 59.8 Å². The van der Waals surface area contributed by atoms with Gasteiger partial charge in [-0.05, 0) is 55.3 Å². The summed E-state index contributed by atoms with van der Waals surface area (Å²) in [4.78, 5) is 14.2. The summed E-state index contributed by atoms with van der Waals surface area (Å²) >= 11 is 0. The first-order valence-corrected chi connectivity index (χ1v) is 9.30. The third-order valence-corrected chi connectivity index (χ3v) is 5.07. The minimum absolute atomic E-state index is 0.287. The van der Waals surface area contributed by atoms with Crippen molar-refractivity contribution in [1.29, 1.82) is 0 Å². The van der Waals surface area contributed by atoms with Crippen molar-refractivity contribution in [2.75, 3.05) is 25.5 Å². The summed E-state index contributed by atoms with van der Waals surface area (Å²) in [5.41, 5.74) is 3.92. The Morgan fingerprint density at radius 3 is 3.15 bits per heavy atom. The van der Waals surface area contributed by atoms with Crippen LogP contribution in [-0.4, -0.2) is 47.3 Å². The van der Waals surface area contributed by atoms with Gasteiger partial charge in [-0.1, -0.05) is 12.1 Å². The highest BCUT2D eigenvalue weighted by molar-refractivity contribution is 5.89. The largest absolute Gasteiger partial charge is 0.465 e. The van der Waals surface area contributed by atoms with Gasteiger partial charge >= 0.3 is 5.97 Å². The molecular weight excluding hydrogens is 340 g/mol. The van der Waals surface area contributed by atoms with Crippen LogP contribution in [0.2, 0.25) is 0 Å². The van der Waals surface area contributed by atoms with Crippen LogP contribution in [-0.2, 0) is 11.3 Å². The van der Waals surface area contributed by atoms with Gasteiger partial charge in [-0.15, -0.1) is 0 Å². The SMILES string of the molecule is COC(=O)c1cccc(CN2CCCC(Nc3ccc4[nH]ncc4c3)C2)c1. The van der Waals surface area contributed by atoms with Crippen LogP contribution in [0.15, 0.2) is 48.7 Å². The minimum atomic E-state index is -0.287. The van der Waals surface area contributed by atoms with Crippen LogP contribution in [0.4, 0.5) is 5.69 Å². The van der Waals surface area contributed by atoms with Gasteiger partial charge in [-0.2, -0.15) is 5.10 Å². The molecule has 3 aromatic rings. The maximum atomic E-state index is 11.7. The molecule has 1 unspecified atom stereocenters. The second kappa shape index (κ2) is 7.80. The Kier molecular flexibility index (Phi) is 5.07. The van der Waals surface area contributed by atoms with E-state index in [9.17, 15) is 4.79 Å². The Hall–Kier alpha value is -2.86. The highest BCUT2D eigenvalue weighted by Gasteiger charge is 2.20. The lowest BCUT2D eigenvalue weighted by Gasteiger charge is -2.33. The van der Waals surface area contributed by atoms with E-state index in [1.54, 1.807) is 6.07 Å². The fraction of sp³-hybridized carbons (Fsp3) is 0.333. The normalized spacial score (nSPS) is 17.7. The Morgan fingerprint density at radius 2 is 2.26 bits per heavy atom. The number of hydrogen-bond acceptors (Lipinski definition) is 5. The van der Waals surface area contributed by atoms with Gasteiger partial charge in [0.2, 0.25) is 0 Å². The van der Waals surface area contributed by atoms with Crippen molar-refractivity contribution in [3.63, 3.8) is 0 Å². The monoisotopic (exact) mass is 364 g/mol. The van der Waals surface area contributed by atoms with Gasteiger partial charge in [0.15, 0.2) is 0 Å². The summed E-state index contributed by atoms with van der Waals surface area (Å²) in [6, 6.07) is 14.4. The molecule has 4 rings (SSSR count). The molecular formula is C21H24N4O2. The van der Waals surface area contributed by atoms with Gasteiger partial charge < -0.3 is 10.1 Å². The Morgan fingerprint density at radius 1 is 1.33 bits per heavy atom. The van der Waals surface area contributed by atoms with Crippen molar-refractivity contribution in [2.45, 2.75) is 25.4 Å². The fourth-order valence-electron chi connectivity index (χ4n) is 3.76. The molecule has 0 saturated carbocycles. The predicted octanol–water partition coefficient (Wildman–Crippen LogP) is 3.43. The lowest BCUT2D eigenvalue weighted by molar-refractivity contribution is 0.0600. The zero-order valence-electron chi connectivity index (χ0n) is 15.4. The molecule has 1 atom stereocenters. The first kappa shape index (κ1) is 17.5. The average molecular weight is 364 g/mol. The summed E-state index contributed by atoms with van der Waals surface area (Å²) < 4.78 is 4.82. The lowest BCUT2D eigenvalue weighted by Crippen LogP contribution is -2.41. The summed E-state index contributed by atoms with van der Waals surface area (Å²) in [5, 5.41) is 11.8. The number of likely N-dealkylation sites (tertiary alicyclic amines) is 1. The maximum Gasteiger partial charge on any atom is 0.337 e. The molecule has 0 aliphatic carbocycles. The summed E-state index contributed by atoms with van der Waals surface area (Å²) in [6.45, 7) is 2.89. The van der Waals surface area contributed by atoms with Gasteiger partial charge in [0.1, 0.15) is 0 Å². The molecule has 1 aliphatic rings. The molecule has 1 fully saturated rings. The number of carbonyl (C=O) groups is 1. The number of carbonyl (C=O) groups excluding carboxylic acids is 1. The second-order valence-electron chi connectivity index (χ2n) is 7.08. The van der Waals surface area contributed by atoms with E-state index in [1.807, 2.05) is 18.3 Å². The number of anilines is 1. The van der Waals surface area contributed by atoms with Crippen LogP contribution >= 0.6 is 0 Å². The quantitative estimate of drug-likeness (QED) is 0.679. The second-order valence-corrected chi connectivity index (χ2v) is 7.08. The topological polar surface area (TPSA) is 70.2 Å². The van der Waals surface area contributed by atoms with Crippen molar-refractivity contribution in [3.8, 4) is 0 Å². The van der Waals surface area contributed by atoms with Gasteiger partial charge in [0.25, 0.3) is 0 Å². The van der Waals surface area contributed by atoms with E-state index in [2.05, 4.69) is 44.7 Å². The van der Waals surface area contributed by atoms with Gasteiger partial charge in [0.05, 0.1) is 24.4 Å². The Labute approximate surface area is 158 Å². The molecule has 0 bridgehead atoms. The molecule has 140 valence electrons. The van der Waals surface area contributed by atoms with Gasteiger partial charge in [-0.25, -0.2) is 4.79 Å². The summed E-state index contributed by atoms with van der Waals surface area (Å²) in [6.07, 6.45) is 4.16. The smallest absolute Gasteiger partial charge is 0.337 e. The number of H-pyrrole nitrogens is 1. The van der Waals surface area contributed by atoms with E-state index in [0.717, 1.165) is 54.6 Å². The zero-order chi connectivity index (χ0) is 18.6. The molecule has 27 heavy (non-hydrogen) atoms. The highest BCUT2D eigenvalue weighted by atomic mass is 16.5. The number of aromatic amines is 1. The molecule has 6 heteroatoms. The molecule has 1 aromatic heterocycles. The summed E-state index contributed by atoms with van der Waals surface area (Å²) in [7, 11) is 1.41. The molecule has 2 aromatic carbocycles. The van der Waals surface area contributed by atoms with Crippen LogP contribution < -0.4 is 5.32 Å². The van der Waals surface area contributed by atoms with Crippen molar-refractivity contribution < 1.29 is 9.53 Å². The van der Waals surface area contributed by atoms with Crippen LogP contribution in [0, 0.1) is 0 Å². The van der Waals surface area contributed by atoms with Crippen molar-refractivity contribution >= 4 is 22.6 Å². The third-order valence-electron chi connectivity index (χ3n) is 5.07. The van der Waals surface area contributed by atoms with E-state index in [1.165, 1.54) is 7.11 Å². The first-order valence-electron chi connectivity index (χ1n) is 9.30. The standard InChI is InChI=1S/C21H24N4O2/c1-27-21(26)16-5-2-4-15(10-16)13-25-9-3-6-19(14-25)23-18-7-8-20-17(11-18)12-22-24-20/h2,4-5,7-8,10-12,19,23H,3,6,9,13-14H2,1H3,(H,22,24). The number of ether oxygens (including phenoxy) is 1. The van der Waals surface area contributed by atoms with Gasteiger partial charge in [-0.3, -0.25) is 10.00 Å². The highest BCUT2D eigenvalue weighted by Crippen LogP contribution is 2.21. The van der Waals surface area contributed by atoms with Crippen LogP contribution in [0.3, 0.4) is 0 Å². The molecule has 0 amide bonds. The molecule has 0 spiro atoms. The van der Waals surface area contributed by atoms with Crippen molar-refractivity contribution in [2.24, 2.45) is 0 Å². The first-order chi connectivity index (χ1) is 13.2. The Balaban J connectivity index is 1.40. The number of fused-ring (bicyclic) bond motifs is 1. The number of aromatic nitrogens is 2. The summed E-state index contributed by atoms with van der Waals surface area (Å²) in [5.74, 6) is -0.287. The molecule has 6 nitrogen and oxygen atoms in total. The number of methoxy groups -OCH3 is 1. The number of nitrogens with one attached hydrogen (secondary N) is 2. The molecule has 2 N–H and O–H groups in total. The fourth-order valence-corrected chi connectivity index (χ4v) is 3.76. The van der Waals surface area contributed by atoms with Gasteiger partial charge in [0, 0.05) is 30.2 Å². The molecule has 2 heterocycles. The average Bonchev–Trinajstić information content (AvgIpc) is 3.16. The predicted molar refractivity (Wildman–Crippen MR) is 106 cm³/mol. The minimum Gasteiger partial charge on any atom is -0.465 e. The number of benzene rings is 2. The number of hydrogen-bond donors (Lipinski definition) is 2. The number of rotatable bonds is 5. The van der Waals surface area contributed by atoms with Crippen LogP contribution in [0.5, 0.6) is 0 Å². The van der Waals surface area contributed by atoms with E-state index >= 15 is 0 Å². The van der Waals surface area contributed by atoms with E-state index in [4.69, 9.17) is 4.74 Å². The zero-order valence-corrected chi connectivity index (χ0v) is 15.4. The van der Waals surface area contributed by atoms with Crippen molar-refractivity contribution in [1.82, 2.24) is 15.1 Å². The number of nitrogens with zero attached hydrogens (tertiary/aromatic N) is 2. The Bertz CT molecular complexity index is 937. The van der Waals surface area contributed by atoms with E-state index < -0.39 is 0 Å². The number of esters is 1. The van der Waals surface area contributed by atoms with Crippen LogP contribution in [0.25, 0.3) is 10.9 Å². The molecule has 1 saturated heterocycles. The molecule has 0 radical (unpaired) electrons. The molecule has 1 aliphatic heterocycles. The maximum absolute atomic E-state index is 11.7. The number of piperidine rings is 1. The van der Waals surface area contributed by atoms with E-state index in [0.29, 0.717) is 11.6 Å².